The third-order valence-corrected chi connectivity index (χ3v) is 2.33. The van der Waals surface area contributed by atoms with Crippen LogP contribution in [0, 0.1) is 26.9 Å². The predicted octanol–water partition coefficient (Wildman–Crippen LogP) is 1.87. The van der Waals surface area contributed by atoms with Crippen molar-refractivity contribution in [2.75, 3.05) is 6.54 Å². The monoisotopic (exact) mass is 247 g/mol. The zero-order valence-corrected chi connectivity index (χ0v) is 10.1. The molecule has 0 unspecified atom stereocenters. The van der Waals surface area contributed by atoms with Crippen LogP contribution in [0.3, 0.4) is 0 Å². The maximum atomic E-state index is 11.7. The van der Waals surface area contributed by atoms with Crippen molar-refractivity contribution in [3.63, 3.8) is 0 Å². The lowest BCUT2D eigenvalue weighted by Crippen LogP contribution is -2.33. The van der Waals surface area contributed by atoms with Crippen molar-refractivity contribution in [3.8, 4) is 6.07 Å². The second-order valence-corrected chi connectivity index (χ2v) is 4.48. The van der Waals surface area contributed by atoms with Gasteiger partial charge in [-0.05, 0) is 26.0 Å². The largest absolute Gasteiger partial charge is 0.350 e. The van der Waals surface area contributed by atoms with Gasteiger partial charge in [0.25, 0.3) is 11.6 Å². The van der Waals surface area contributed by atoms with E-state index in [0.717, 1.165) is 0 Å². The van der Waals surface area contributed by atoms with E-state index in [-0.39, 0.29) is 18.1 Å². The second-order valence-electron chi connectivity index (χ2n) is 4.48. The number of hydrogen-bond acceptors (Lipinski definition) is 4. The van der Waals surface area contributed by atoms with E-state index in [4.69, 9.17) is 5.26 Å². The molecule has 0 aliphatic rings. The van der Waals surface area contributed by atoms with Crippen LogP contribution in [0.15, 0.2) is 24.3 Å². The smallest absolute Gasteiger partial charge is 0.269 e. The number of amides is 1. The van der Waals surface area contributed by atoms with Crippen LogP contribution in [0.1, 0.15) is 24.2 Å². The number of non-ortho nitro benzene ring substituents is 1. The van der Waals surface area contributed by atoms with Gasteiger partial charge in [-0.2, -0.15) is 5.26 Å². The third kappa shape index (κ3) is 3.56. The van der Waals surface area contributed by atoms with E-state index < -0.39 is 10.3 Å². The fraction of sp³-hybridized carbons (Fsp3) is 0.333. The standard InChI is InChI=1S/C12H13N3O3/c1-12(2,7-13)8-14-11(16)9-3-5-10(6-4-9)15(17)18/h3-6H,8H2,1-2H3,(H,14,16). The van der Waals surface area contributed by atoms with Crippen molar-refractivity contribution in [2.24, 2.45) is 5.41 Å². The maximum absolute atomic E-state index is 11.7. The number of benzene rings is 1. The summed E-state index contributed by atoms with van der Waals surface area (Å²) in [5, 5.41) is 21.9. The van der Waals surface area contributed by atoms with Crippen LogP contribution < -0.4 is 5.32 Å². The lowest BCUT2D eigenvalue weighted by Gasteiger charge is -2.15. The zero-order valence-electron chi connectivity index (χ0n) is 10.1. The van der Waals surface area contributed by atoms with Gasteiger partial charge in [0.1, 0.15) is 0 Å². The van der Waals surface area contributed by atoms with Gasteiger partial charge in [-0.3, -0.25) is 14.9 Å². The lowest BCUT2D eigenvalue weighted by atomic mass is 9.96. The molecule has 0 radical (unpaired) electrons. The van der Waals surface area contributed by atoms with Crippen molar-refractivity contribution in [3.05, 3.63) is 39.9 Å². The molecule has 0 aliphatic heterocycles. The average Bonchev–Trinajstić information content (AvgIpc) is 2.36. The van der Waals surface area contributed by atoms with Crippen LogP contribution >= 0.6 is 0 Å². The summed E-state index contributed by atoms with van der Waals surface area (Å²) in [6, 6.07) is 7.37. The number of nitriles is 1. The Balaban J connectivity index is 2.69. The molecule has 0 atom stereocenters. The van der Waals surface area contributed by atoms with E-state index >= 15 is 0 Å². The Bertz CT molecular complexity index is 500. The minimum absolute atomic E-state index is 0.0658. The molecular formula is C12H13N3O3. The summed E-state index contributed by atoms with van der Waals surface area (Å²) < 4.78 is 0. The van der Waals surface area contributed by atoms with Crippen LogP contribution in [0.5, 0.6) is 0 Å². The van der Waals surface area contributed by atoms with E-state index in [0.29, 0.717) is 5.56 Å². The van der Waals surface area contributed by atoms with Crippen LogP contribution in [0.25, 0.3) is 0 Å². The van der Waals surface area contributed by atoms with Crippen molar-refractivity contribution in [2.45, 2.75) is 13.8 Å². The fourth-order valence-electron chi connectivity index (χ4n) is 1.18. The van der Waals surface area contributed by atoms with Gasteiger partial charge in [-0.1, -0.05) is 0 Å². The molecule has 0 saturated heterocycles. The third-order valence-electron chi connectivity index (χ3n) is 2.33. The van der Waals surface area contributed by atoms with E-state index in [9.17, 15) is 14.9 Å². The molecular weight excluding hydrogens is 234 g/mol. The van der Waals surface area contributed by atoms with Gasteiger partial charge in [-0.25, -0.2) is 0 Å². The molecule has 1 N–H and O–H groups in total. The summed E-state index contributed by atoms with van der Waals surface area (Å²) in [6.07, 6.45) is 0. The molecule has 1 aromatic carbocycles. The Hall–Kier alpha value is -2.42. The minimum Gasteiger partial charge on any atom is -0.350 e. The molecule has 6 heteroatoms. The van der Waals surface area contributed by atoms with Crippen LogP contribution in [-0.4, -0.2) is 17.4 Å². The summed E-state index contributed by atoms with van der Waals surface area (Å²) in [7, 11) is 0. The average molecular weight is 247 g/mol. The number of nitrogens with one attached hydrogen (secondary N) is 1. The van der Waals surface area contributed by atoms with Crippen LogP contribution in [0.2, 0.25) is 0 Å². The Morgan fingerprint density at radius 1 is 1.44 bits per heavy atom. The van der Waals surface area contributed by atoms with Crippen molar-refractivity contribution in [1.82, 2.24) is 5.32 Å². The van der Waals surface area contributed by atoms with Crippen LogP contribution in [0.4, 0.5) is 5.69 Å². The van der Waals surface area contributed by atoms with Crippen LogP contribution in [-0.2, 0) is 0 Å². The van der Waals surface area contributed by atoms with Crippen molar-refractivity contribution >= 4 is 11.6 Å². The zero-order chi connectivity index (χ0) is 13.8. The molecule has 1 aromatic rings. The van der Waals surface area contributed by atoms with Crippen molar-refractivity contribution in [1.29, 1.82) is 5.26 Å². The number of rotatable bonds is 4. The van der Waals surface area contributed by atoms with Gasteiger partial charge in [0.2, 0.25) is 0 Å². The fourth-order valence-corrected chi connectivity index (χ4v) is 1.18. The van der Waals surface area contributed by atoms with Crippen molar-refractivity contribution < 1.29 is 9.72 Å². The number of nitro benzene ring substituents is 1. The number of nitro groups is 1. The van der Waals surface area contributed by atoms with E-state index in [2.05, 4.69) is 11.4 Å². The Morgan fingerprint density at radius 3 is 2.44 bits per heavy atom. The first-order chi connectivity index (χ1) is 8.35. The predicted molar refractivity (Wildman–Crippen MR) is 64.8 cm³/mol. The van der Waals surface area contributed by atoms with Gasteiger partial charge >= 0.3 is 0 Å². The van der Waals surface area contributed by atoms with E-state index in [1.807, 2.05) is 0 Å². The van der Waals surface area contributed by atoms with Gasteiger partial charge in [-0.15, -0.1) is 0 Å². The minimum atomic E-state index is -0.642. The maximum Gasteiger partial charge on any atom is 0.269 e. The highest BCUT2D eigenvalue weighted by Gasteiger charge is 2.18. The summed E-state index contributed by atoms with van der Waals surface area (Å²) in [5.41, 5.74) is -0.380. The molecule has 0 bridgehead atoms. The van der Waals surface area contributed by atoms with Gasteiger partial charge < -0.3 is 5.32 Å². The summed E-state index contributed by atoms with van der Waals surface area (Å²) >= 11 is 0. The van der Waals surface area contributed by atoms with Gasteiger partial charge in [0.15, 0.2) is 0 Å². The SMILES string of the molecule is CC(C)(C#N)CNC(=O)c1ccc([N+](=O)[O-])cc1. The topological polar surface area (TPSA) is 96.0 Å². The Morgan fingerprint density at radius 2 is 2.00 bits per heavy atom. The molecule has 1 rings (SSSR count). The summed E-state index contributed by atoms with van der Waals surface area (Å²) in [4.78, 5) is 21.6. The first-order valence-corrected chi connectivity index (χ1v) is 5.29. The molecule has 94 valence electrons. The number of carbonyl (C=O) groups excluding carboxylic acids is 1. The molecule has 18 heavy (non-hydrogen) atoms. The van der Waals surface area contributed by atoms with Gasteiger partial charge in [0, 0.05) is 24.2 Å². The number of carbonyl (C=O) groups is 1. The first kappa shape index (κ1) is 13.6. The molecule has 1 amide bonds. The number of hydrogen-bond donors (Lipinski definition) is 1. The number of nitrogens with zero attached hydrogens (tertiary/aromatic N) is 2. The lowest BCUT2D eigenvalue weighted by molar-refractivity contribution is -0.384. The highest BCUT2D eigenvalue weighted by atomic mass is 16.6. The normalized spacial score (nSPS) is 10.5. The molecule has 0 spiro atoms. The molecule has 0 saturated carbocycles. The quantitative estimate of drug-likeness (QED) is 0.648. The molecule has 0 heterocycles. The molecule has 0 fully saturated rings. The Labute approximate surface area is 104 Å². The second kappa shape index (κ2) is 5.27. The van der Waals surface area contributed by atoms with Gasteiger partial charge in [0.05, 0.1) is 16.4 Å². The van der Waals surface area contributed by atoms with E-state index in [1.54, 1.807) is 13.8 Å². The molecule has 0 aromatic heterocycles. The summed E-state index contributed by atoms with van der Waals surface area (Å²) in [6.45, 7) is 3.64. The molecule has 6 nitrogen and oxygen atoms in total. The highest BCUT2D eigenvalue weighted by molar-refractivity contribution is 5.94. The first-order valence-electron chi connectivity index (χ1n) is 5.29. The Kier molecular flexibility index (Phi) is 4.00. The summed E-state index contributed by atoms with van der Waals surface area (Å²) in [5.74, 6) is -0.353. The van der Waals surface area contributed by atoms with E-state index in [1.165, 1.54) is 24.3 Å². The molecule has 0 aliphatic carbocycles. The highest BCUT2D eigenvalue weighted by Crippen LogP contribution is 2.13.